The number of hydrogen-bond acceptors (Lipinski definition) is 27. The molecule has 0 unspecified atom stereocenters. The Bertz CT molecular complexity index is 6450. The zero-order chi connectivity index (χ0) is 106. The molecule has 0 bridgehead atoms. The smallest absolute Gasteiger partial charge is 0.344 e. The van der Waals surface area contributed by atoms with Crippen LogP contribution < -0.4 is 75.8 Å². The third-order valence-corrected chi connectivity index (χ3v) is 22.6. The summed E-state index contributed by atoms with van der Waals surface area (Å²) in [5.74, 6) is 2.30. The van der Waals surface area contributed by atoms with Crippen molar-refractivity contribution >= 4 is 29.8 Å². The van der Waals surface area contributed by atoms with E-state index >= 15 is 0 Å². The van der Waals surface area contributed by atoms with Crippen molar-refractivity contribution in [2.24, 2.45) is 0 Å². The molecule has 0 saturated carbocycles. The molecule has 28 nitrogen and oxygen atoms in total. The van der Waals surface area contributed by atoms with Gasteiger partial charge in [-0.2, -0.15) is 0 Å². The molecule has 0 heterocycles. The topological polar surface area (TPSA) is 309 Å². The lowest BCUT2D eigenvalue weighted by Crippen LogP contribution is -2.27. The van der Waals surface area contributed by atoms with E-state index < -0.39 is 72.1 Å². The molecular formula is C119H134O28. The summed E-state index contributed by atoms with van der Waals surface area (Å²) in [5, 5.41) is 10.8. The third-order valence-electron chi connectivity index (χ3n) is 22.6. The molecule has 778 valence electrons. The van der Waals surface area contributed by atoms with E-state index in [9.17, 15) is 29.1 Å². The van der Waals surface area contributed by atoms with Crippen LogP contribution in [0.1, 0.15) is 194 Å². The van der Waals surface area contributed by atoms with Crippen LogP contribution in [0.25, 0.3) is 0 Å². The normalized spacial score (nSPS) is 11.4. The molecule has 0 spiro atoms. The van der Waals surface area contributed by atoms with Gasteiger partial charge in [0.05, 0.1) is 63.0 Å². The molecule has 28 heteroatoms. The van der Waals surface area contributed by atoms with Crippen molar-refractivity contribution in [3.63, 3.8) is 0 Å². The molecule has 0 atom stereocenters. The van der Waals surface area contributed by atoms with Crippen LogP contribution in [0.4, 0.5) is 0 Å². The molecule has 1 N–H and O–H groups in total. The number of carboxylic acids is 1. The lowest BCUT2D eigenvalue weighted by Gasteiger charge is -2.23. The lowest BCUT2D eigenvalue weighted by molar-refractivity contribution is -0.158. The van der Waals surface area contributed by atoms with Crippen molar-refractivity contribution in [1.29, 1.82) is 0 Å². The number of rotatable bonds is 52. The first-order valence-electron chi connectivity index (χ1n) is 48.4. The molecule has 12 rings (SSSR count). The van der Waals surface area contributed by atoms with E-state index in [0.29, 0.717) is 148 Å². The predicted molar refractivity (Wildman–Crippen MR) is 556 cm³/mol. The number of benzene rings is 12. The van der Waals surface area contributed by atoms with Gasteiger partial charge in [-0.25, -0.2) is 24.0 Å². The van der Waals surface area contributed by atoms with Crippen LogP contribution in [-0.2, 0) is 119 Å². The Balaban J connectivity index is 1.00. The summed E-state index contributed by atoms with van der Waals surface area (Å²) in [5.41, 5.74) is 8.37. The van der Waals surface area contributed by atoms with Crippen LogP contribution in [0, 0.1) is 0 Å². The Morgan fingerprint density at radius 3 is 0.687 bits per heavy atom. The number of aromatic carboxylic acids is 1. The highest BCUT2D eigenvalue weighted by molar-refractivity contribution is 5.92. The quantitative estimate of drug-likeness (QED) is 0.0160. The first-order valence-corrected chi connectivity index (χ1v) is 48.4. The first kappa shape index (κ1) is 110. The van der Waals surface area contributed by atoms with E-state index in [1.54, 1.807) is 162 Å². The SMILES string of the molecule is COCCOCOc1ccc(OCC(=O)OC(C)(C)C)cc1Cc1cc(OCc2ccccc2)cc(Cc2cc(OCC(=O)OC(C)(C)C)cc(Cc3cc(OCc4ccccc4)cc(Cc4cc(OCC(=O)OC(C)(C)C)cc(Cc5cc(OCc6ccccc6)cc(Cc6cc(OCC(=O)OC(C)(C)C)cc(Cc7cc(OCc8ccccc8)cc(C(=O)O)c7OC)c6OC)c5OC)c4OC)c3OC)c2OC)c1OC. The molecular weight excluding hydrogens is 1880 g/mol. The summed E-state index contributed by atoms with van der Waals surface area (Å²) < 4.78 is 138. The molecule has 0 aromatic heterocycles. The summed E-state index contributed by atoms with van der Waals surface area (Å²) in [6.07, 6.45) is 0.560. The highest BCUT2D eigenvalue weighted by atomic mass is 16.7. The van der Waals surface area contributed by atoms with Gasteiger partial charge >= 0.3 is 29.8 Å². The summed E-state index contributed by atoms with van der Waals surface area (Å²) in [4.78, 5) is 67.7. The number of carbonyl (C=O) groups is 5. The number of carboxylic acid groups (broad SMARTS) is 1. The summed E-state index contributed by atoms with van der Waals surface area (Å²) >= 11 is 0. The Kier molecular flexibility index (Phi) is 39.1. The predicted octanol–water partition coefficient (Wildman–Crippen LogP) is 21.8. The van der Waals surface area contributed by atoms with E-state index in [-0.39, 0.29) is 126 Å². The van der Waals surface area contributed by atoms with Gasteiger partial charge in [-0.15, -0.1) is 0 Å². The molecule has 12 aromatic carbocycles. The molecule has 0 amide bonds. The first-order chi connectivity index (χ1) is 70.3. The lowest BCUT2D eigenvalue weighted by atomic mass is 9.91. The molecule has 0 radical (unpaired) electrons. The van der Waals surface area contributed by atoms with Gasteiger partial charge in [-0.3, -0.25) is 0 Å². The minimum Gasteiger partial charge on any atom is -0.496 e. The Labute approximate surface area is 860 Å². The van der Waals surface area contributed by atoms with Gasteiger partial charge in [-0.1, -0.05) is 121 Å². The number of methoxy groups -OCH3 is 8. The van der Waals surface area contributed by atoms with Crippen molar-refractivity contribution in [2.75, 3.05) is 103 Å². The molecule has 0 aliphatic carbocycles. The van der Waals surface area contributed by atoms with Gasteiger partial charge in [-0.05, 0) is 208 Å². The number of carbonyl (C=O) groups excluding carboxylic acids is 4. The minimum absolute atomic E-state index is 0.00606. The Morgan fingerprint density at radius 2 is 0.456 bits per heavy atom. The van der Waals surface area contributed by atoms with Crippen molar-refractivity contribution in [3.8, 4) is 92.0 Å². The summed E-state index contributed by atoms with van der Waals surface area (Å²) in [7, 11) is 12.4. The summed E-state index contributed by atoms with van der Waals surface area (Å²) in [6.45, 7) is 20.7. The maximum Gasteiger partial charge on any atom is 0.344 e. The molecule has 0 fully saturated rings. The molecule has 12 aromatic rings. The van der Waals surface area contributed by atoms with Gasteiger partial charge in [0.15, 0.2) is 33.2 Å². The maximum atomic E-state index is 13.9. The zero-order valence-corrected chi connectivity index (χ0v) is 87.6. The highest BCUT2D eigenvalue weighted by Gasteiger charge is 2.31. The fraction of sp³-hybridized carbons (Fsp3) is 0.353. The van der Waals surface area contributed by atoms with Gasteiger partial charge in [0.25, 0.3) is 0 Å². The van der Waals surface area contributed by atoms with Gasteiger partial charge in [0, 0.05) is 130 Å². The van der Waals surface area contributed by atoms with Crippen LogP contribution in [0.15, 0.2) is 224 Å². The van der Waals surface area contributed by atoms with E-state index in [0.717, 1.165) is 22.3 Å². The van der Waals surface area contributed by atoms with Gasteiger partial charge in [0.1, 0.15) is 146 Å². The number of hydrogen-bond donors (Lipinski definition) is 1. The van der Waals surface area contributed by atoms with E-state index in [2.05, 4.69) is 0 Å². The van der Waals surface area contributed by atoms with E-state index in [1.165, 1.54) is 20.3 Å². The molecule has 0 saturated heterocycles. The summed E-state index contributed by atoms with van der Waals surface area (Å²) in [6, 6.07) is 69.4. The molecule has 0 aliphatic rings. The largest absolute Gasteiger partial charge is 0.496 e. The second kappa shape index (κ2) is 52.0. The van der Waals surface area contributed by atoms with Gasteiger partial charge < -0.3 is 109 Å². The zero-order valence-electron chi connectivity index (χ0n) is 87.6. The molecule has 0 aliphatic heterocycles. The van der Waals surface area contributed by atoms with Crippen molar-refractivity contribution < 1.29 is 133 Å². The van der Waals surface area contributed by atoms with Crippen LogP contribution in [0.3, 0.4) is 0 Å². The fourth-order valence-corrected chi connectivity index (χ4v) is 16.9. The maximum absolute atomic E-state index is 13.9. The average Bonchev–Trinajstić information content (AvgIpc) is 0.781. The van der Waals surface area contributed by atoms with Crippen molar-refractivity contribution in [3.05, 3.63) is 330 Å². The Morgan fingerprint density at radius 1 is 0.238 bits per heavy atom. The van der Waals surface area contributed by atoms with Crippen LogP contribution in [0.2, 0.25) is 0 Å². The second-order valence-electron chi connectivity index (χ2n) is 38.9. The van der Waals surface area contributed by atoms with Crippen LogP contribution >= 0.6 is 0 Å². The highest BCUT2D eigenvalue weighted by Crippen LogP contribution is 2.47. The van der Waals surface area contributed by atoms with Crippen molar-refractivity contribution in [1.82, 2.24) is 0 Å². The average molecular weight is 2010 g/mol. The van der Waals surface area contributed by atoms with E-state index in [4.69, 9.17) is 104 Å². The number of esters is 4. The minimum atomic E-state index is -1.25. The monoisotopic (exact) mass is 2010 g/mol. The van der Waals surface area contributed by atoms with E-state index in [1.807, 2.05) is 182 Å². The molecule has 147 heavy (non-hydrogen) atoms. The standard InChI is InChI=1S/C119H134O28/c1-116(2,3)144-104(120)71-139-94-41-42-103(143-75-134-44-43-126-13)80(52-94)45-81-53-95(135-67-76-33-25-21-26-34-76)54-82(108(81)127-14)46-87-59-98(140-72-105(121)145-117(4,5)6)60-88(111(87)130-17)47-83-55-96(136-68-77-35-27-22-28-36-77)56-84(109(83)128-15)48-89-61-99(141-73-106(122)146-118(7,8)9)62-90(112(89)131-18)49-85-57-97(137-69-78-37-29-23-30-38-78)58-86(110(85)129-16)50-91-63-100(142-74-107(123)147-119(10,11)12)64-92(113(91)132-19)51-93-65-101(66-102(115(124)125)114(93)133-20)138-70-79-39-31-24-32-40-79/h21-42,52-66H,43-51,67-75H2,1-20H3,(H,124,125). The third kappa shape index (κ3) is 33.4. The Hall–Kier alpha value is -15.3. The van der Waals surface area contributed by atoms with Crippen LogP contribution in [-0.4, -0.2) is 161 Å². The van der Waals surface area contributed by atoms with Crippen molar-refractivity contribution in [2.45, 2.75) is 177 Å². The second-order valence-corrected chi connectivity index (χ2v) is 38.9. The fourth-order valence-electron chi connectivity index (χ4n) is 16.9. The van der Waals surface area contributed by atoms with Crippen LogP contribution in [0.5, 0.6) is 92.0 Å². The number of ether oxygens (including phenoxy) is 22. The van der Waals surface area contributed by atoms with Gasteiger partial charge in [0.2, 0.25) is 0 Å².